The number of benzene rings is 2. The Bertz CT molecular complexity index is 1230. The number of aryl methyl sites for hydroxylation is 3. The zero-order chi connectivity index (χ0) is 24.1. The van der Waals surface area contributed by atoms with E-state index < -0.39 is 0 Å². The molecule has 4 aromatic rings. The summed E-state index contributed by atoms with van der Waals surface area (Å²) >= 11 is 4.66. The van der Waals surface area contributed by atoms with Crippen molar-refractivity contribution in [2.24, 2.45) is 0 Å². The fraction of sp³-hybridized carbons (Fsp3) is 0.280. The van der Waals surface area contributed by atoms with Gasteiger partial charge in [-0.2, -0.15) is 0 Å². The second-order valence-electron chi connectivity index (χ2n) is 7.84. The van der Waals surface area contributed by atoms with Gasteiger partial charge >= 0.3 is 0 Å². The van der Waals surface area contributed by atoms with Crippen LogP contribution < -0.4 is 5.32 Å². The van der Waals surface area contributed by atoms with Crippen LogP contribution in [0.5, 0.6) is 0 Å². The van der Waals surface area contributed by atoms with Crippen molar-refractivity contribution in [3.8, 4) is 5.69 Å². The molecule has 2 aromatic carbocycles. The molecular formula is C25H27N5OS3. The fourth-order valence-corrected chi connectivity index (χ4v) is 5.87. The summed E-state index contributed by atoms with van der Waals surface area (Å²) in [6.07, 6.45) is 0.662. The first kappa shape index (κ1) is 24.5. The molecular weight excluding hydrogens is 483 g/mol. The lowest BCUT2D eigenvalue weighted by atomic mass is 10.2. The number of hydrogen-bond donors (Lipinski definition) is 1. The van der Waals surface area contributed by atoms with Gasteiger partial charge in [0.2, 0.25) is 5.91 Å². The molecule has 0 aliphatic rings. The summed E-state index contributed by atoms with van der Waals surface area (Å²) in [5, 5.41) is 13.0. The molecule has 0 aliphatic heterocycles. The quantitative estimate of drug-likeness (QED) is 0.261. The van der Waals surface area contributed by atoms with Crippen LogP contribution in [-0.4, -0.2) is 30.9 Å². The van der Waals surface area contributed by atoms with Gasteiger partial charge in [0, 0.05) is 15.5 Å². The van der Waals surface area contributed by atoms with Crippen LogP contribution in [0.25, 0.3) is 5.69 Å². The topological polar surface area (TPSA) is 72.7 Å². The lowest BCUT2D eigenvalue weighted by Crippen LogP contribution is -2.25. The Kier molecular flexibility index (Phi) is 8.07. The molecule has 2 heterocycles. The first-order valence-corrected chi connectivity index (χ1v) is 13.7. The first-order chi connectivity index (χ1) is 16.4. The van der Waals surface area contributed by atoms with Gasteiger partial charge in [-0.25, -0.2) is 4.98 Å². The van der Waals surface area contributed by atoms with E-state index in [1.54, 1.807) is 11.8 Å². The van der Waals surface area contributed by atoms with Crippen molar-refractivity contribution in [2.75, 3.05) is 5.32 Å². The molecule has 4 rings (SSSR count). The Morgan fingerprint density at radius 2 is 1.79 bits per heavy atom. The van der Waals surface area contributed by atoms with Crippen LogP contribution in [0, 0.1) is 20.8 Å². The SMILES string of the molecule is CCC(Sc1nnc(CSc2ccc(C)cc2)n1-c1ccccc1)C(=O)Nc1nc(C)c(C)s1. The number of hydrogen-bond acceptors (Lipinski definition) is 7. The third-order valence-corrected chi connectivity index (χ3v) is 8.58. The van der Waals surface area contributed by atoms with Crippen LogP contribution in [0.3, 0.4) is 0 Å². The summed E-state index contributed by atoms with van der Waals surface area (Å²) in [7, 11) is 0. The summed E-state index contributed by atoms with van der Waals surface area (Å²) in [5.41, 5.74) is 3.17. The number of carbonyl (C=O) groups excluding carboxylic acids is 1. The minimum Gasteiger partial charge on any atom is -0.301 e. The average Bonchev–Trinajstić information content (AvgIpc) is 3.39. The largest absolute Gasteiger partial charge is 0.301 e. The van der Waals surface area contributed by atoms with Gasteiger partial charge in [-0.3, -0.25) is 9.36 Å². The molecule has 9 heteroatoms. The minimum absolute atomic E-state index is 0.0700. The monoisotopic (exact) mass is 509 g/mol. The Morgan fingerprint density at radius 3 is 2.44 bits per heavy atom. The van der Waals surface area contributed by atoms with Crippen molar-refractivity contribution in [3.63, 3.8) is 0 Å². The van der Waals surface area contributed by atoms with Gasteiger partial charge in [0.1, 0.15) is 5.82 Å². The summed E-state index contributed by atoms with van der Waals surface area (Å²) < 4.78 is 2.06. The smallest absolute Gasteiger partial charge is 0.239 e. The molecule has 0 bridgehead atoms. The summed E-state index contributed by atoms with van der Waals surface area (Å²) in [6, 6.07) is 18.5. The molecule has 176 valence electrons. The van der Waals surface area contributed by atoms with Crippen molar-refractivity contribution >= 4 is 45.9 Å². The molecule has 0 aliphatic carbocycles. The molecule has 34 heavy (non-hydrogen) atoms. The predicted molar refractivity (Wildman–Crippen MR) is 142 cm³/mol. The number of thioether (sulfide) groups is 2. The predicted octanol–water partition coefficient (Wildman–Crippen LogP) is 6.45. The van der Waals surface area contributed by atoms with Gasteiger partial charge < -0.3 is 5.32 Å². The lowest BCUT2D eigenvalue weighted by molar-refractivity contribution is -0.115. The van der Waals surface area contributed by atoms with E-state index in [1.165, 1.54) is 33.6 Å². The van der Waals surface area contributed by atoms with Crippen molar-refractivity contribution in [3.05, 3.63) is 76.6 Å². The minimum atomic E-state index is -0.311. The zero-order valence-electron chi connectivity index (χ0n) is 19.6. The molecule has 1 N–H and O–H groups in total. The molecule has 0 spiro atoms. The normalized spacial score (nSPS) is 12.0. The van der Waals surface area contributed by atoms with E-state index in [-0.39, 0.29) is 11.2 Å². The average molecular weight is 510 g/mol. The maximum absolute atomic E-state index is 13.0. The van der Waals surface area contributed by atoms with E-state index in [2.05, 4.69) is 56.3 Å². The van der Waals surface area contributed by atoms with E-state index in [0.717, 1.165) is 22.1 Å². The third kappa shape index (κ3) is 5.89. The second-order valence-corrected chi connectivity index (χ2v) is 11.3. The van der Waals surface area contributed by atoms with E-state index >= 15 is 0 Å². The molecule has 0 radical (unpaired) electrons. The number of rotatable bonds is 9. The van der Waals surface area contributed by atoms with Crippen LogP contribution in [0.4, 0.5) is 5.13 Å². The standard InChI is InChI=1S/C25H27N5OS3/c1-5-21(23(31)27-24-26-17(3)18(4)33-24)34-25-29-28-22(30(25)19-9-7-6-8-10-19)15-32-20-13-11-16(2)12-14-20/h6-14,21H,5,15H2,1-4H3,(H,26,27,31). The first-order valence-electron chi connectivity index (χ1n) is 11.0. The Morgan fingerprint density at radius 1 is 1.06 bits per heavy atom. The lowest BCUT2D eigenvalue weighted by Gasteiger charge is -2.15. The summed E-state index contributed by atoms with van der Waals surface area (Å²) in [5.74, 6) is 1.45. The molecule has 0 fully saturated rings. The van der Waals surface area contributed by atoms with Gasteiger partial charge in [0.25, 0.3) is 0 Å². The molecule has 1 unspecified atom stereocenters. The number of carbonyl (C=O) groups is 1. The highest BCUT2D eigenvalue weighted by atomic mass is 32.2. The maximum Gasteiger partial charge on any atom is 0.239 e. The van der Waals surface area contributed by atoms with Crippen molar-refractivity contribution < 1.29 is 4.79 Å². The van der Waals surface area contributed by atoms with Crippen LogP contribution in [0.2, 0.25) is 0 Å². The number of amides is 1. The van der Waals surface area contributed by atoms with Crippen LogP contribution in [-0.2, 0) is 10.5 Å². The Hall–Kier alpha value is -2.62. The van der Waals surface area contributed by atoms with E-state index in [4.69, 9.17) is 0 Å². The van der Waals surface area contributed by atoms with Gasteiger partial charge in [-0.1, -0.05) is 54.6 Å². The molecule has 1 amide bonds. The molecule has 1 atom stereocenters. The molecule has 0 saturated heterocycles. The maximum atomic E-state index is 13.0. The highest BCUT2D eigenvalue weighted by molar-refractivity contribution is 8.00. The number of anilines is 1. The summed E-state index contributed by atoms with van der Waals surface area (Å²) in [6.45, 7) is 8.05. The second kappa shape index (κ2) is 11.2. The van der Waals surface area contributed by atoms with Crippen LogP contribution >= 0.6 is 34.9 Å². The number of nitrogens with zero attached hydrogens (tertiary/aromatic N) is 4. The molecule has 0 saturated carbocycles. The van der Waals surface area contributed by atoms with Crippen molar-refractivity contribution in [1.82, 2.24) is 19.7 Å². The Balaban J connectivity index is 1.56. The number of aromatic nitrogens is 4. The van der Waals surface area contributed by atoms with Gasteiger partial charge in [-0.15, -0.1) is 33.3 Å². The van der Waals surface area contributed by atoms with Gasteiger partial charge in [-0.05, 0) is 51.5 Å². The summed E-state index contributed by atoms with van der Waals surface area (Å²) in [4.78, 5) is 19.8. The van der Waals surface area contributed by atoms with Gasteiger partial charge in [0.15, 0.2) is 10.3 Å². The van der Waals surface area contributed by atoms with Crippen LogP contribution in [0.15, 0.2) is 64.6 Å². The third-order valence-electron chi connectivity index (χ3n) is 5.27. The molecule has 2 aromatic heterocycles. The van der Waals surface area contributed by atoms with Crippen LogP contribution in [0.1, 0.15) is 35.3 Å². The van der Waals surface area contributed by atoms with E-state index in [0.29, 0.717) is 22.5 Å². The van der Waals surface area contributed by atoms with Crippen molar-refractivity contribution in [2.45, 2.75) is 55.2 Å². The zero-order valence-corrected chi connectivity index (χ0v) is 22.1. The Labute approximate surface area is 212 Å². The number of thiazole rings is 1. The number of nitrogens with one attached hydrogen (secondary N) is 1. The van der Waals surface area contributed by atoms with Gasteiger partial charge in [0.05, 0.1) is 16.7 Å². The molecule has 6 nitrogen and oxygen atoms in total. The highest BCUT2D eigenvalue weighted by Crippen LogP contribution is 2.31. The highest BCUT2D eigenvalue weighted by Gasteiger charge is 2.24. The van der Waals surface area contributed by atoms with E-state index in [9.17, 15) is 4.79 Å². The number of para-hydroxylation sites is 1. The van der Waals surface area contributed by atoms with E-state index in [1.807, 2.05) is 51.1 Å². The fourth-order valence-electron chi connectivity index (χ4n) is 3.25. The van der Waals surface area contributed by atoms with Crippen molar-refractivity contribution in [1.29, 1.82) is 0 Å².